The third-order valence-corrected chi connectivity index (χ3v) is 2.46. The third-order valence-electron chi connectivity index (χ3n) is 1.96. The molecule has 4 nitrogen and oxygen atoms in total. The highest BCUT2D eigenvalue weighted by atomic mass is 35.5. The molecule has 0 saturated heterocycles. The van der Waals surface area contributed by atoms with E-state index < -0.39 is 0 Å². The van der Waals surface area contributed by atoms with E-state index >= 15 is 0 Å². The Morgan fingerprint density at radius 1 is 1.60 bits per heavy atom. The van der Waals surface area contributed by atoms with E-state index in [0.717, 1.165) is 0 Å². The maximum Gasteiger partial charge on any atom is 0.329 e. The minimum Gasteiger partial charge on any atom is -0.429 e. The molecule has 1 aromatic carbocycles. The van der Waals surface area contributed by atoms with Crippen molar-refractivity contribution in [2.45, 2.75) is 0 Å². The molecular weight excluding hydrogens is 236 g/mol. The zero-order valence-corrected chi connectivity index (χ0v) is 9.35. The molecule has 0 aliphatic carbocycles. The standard InChI is InChI=1S/C9H7ClN2O2S/c1-11-8(13)12-6-3-2-5(10)4-7(6)14-9(12)15/h2-4H,1H3,(H,11,13). The number of halogens is 1. The molecule has 0 aliphatic heterocycles. The lowest BCUT2D eigenvalue weighted by Crippen LogP contribution is -2.24. The van der Waals surface area contributed by atoms with Crippen LogP contribution in [0.3, 0.4) is 0 Å². The molecule has 2 rings (SSSR count). The van der Waals surface area contributed by atoms with Gasteiger partial charge in [0, 0.05) is 18.1 Å². The van der Waals surface area contributed by atoms with Gasteiger partial charge < -0.3 is 9.73 Å². The molecule has 0 spiro atoms. The summed E-state index contributed by atoms with van der Waals surface area (Å²) in [5.41, 5.74) is 1.10. The van der Waals surface area contributed by atoms with Crippen LogP contribution in [-0.2, 0) is 0 Å². The molecule has 0 fully saturated rings. The summed E-state index contributed by atoms with van der Waals surface area (Å²) in [4.78, 5) is 11.6. The zero-order valence-electron chi connectivity index (χ0n) is 7.78. The smallest absolute Gasteiger partial charge is 0.329 e. The van der Waals surface area contributed by atoms with Crippen LogP contribution in [0.4, 0.5) is 4.79 Å². The van der Waals surface area contributed by atoms with E-state index in [4.69, 9.17) is 28.2 Å². The Kier molecular flexibility index (Phi) is 2.50. The summed E-state index contributed by atoms with van der Waals surface area (Å²) in [6.07, 6.45) is 0. The van der Waals surface area contributed by atoms with Gasteiger partial charge in [0.15, 0.2) is 5.58 Å². The number of carbonyl (C=O) groups is 1. The molecular formula is C9H7ClN2O2S. The SMILES string of the molecule is CNC(=O)n1c(=S)oc2cc(Cl)ccc21. The lowest BCUT2D eigenvalue weighted by atomic mass is 10.3. The first-order valence-corrected chi connectivity index (χ1v) is 4.95. The molecule has 15 heavy (non-hydrogen) atoms. The highest BCUT2D eigenvalue weighted by Crippen LogP contribution is 2.21. The lowest BCUT2D eigenvalue weighted by molar-refractivity contribution is 0.244. The Bertz CT molecular complexity index is 587. The van der Waals surface area contributed by atoms with Crippen molar-refractivity contribution < 1.29 is 9.21 Å². The van der Waals surface area contributed by atoms with Crippen LogP contribution in [0.5, 0.6) is 0 Å². The minimum atomic E-state index is -0.332. The summed E-state index contributed by atoms with van der Waals surface area (Å²) < 4.78 is 6.51. The molecule has 0 bridgehead atoms. The second-order valence-electron chi connectivity index (χ2n) is 2.87. The first-order valence-electron chi connectivity index (χ1n) is 4.16. The number of nitrogens with one attached hydrogen (secondary N) is 1. The van der Waals surface area contributed by atoms with Crippen LogP contribution in [0.2, 0.25) is 5.02 Å². The lowest BCUT2D eigenvalue weighted by Gasteiger charge is -1.99. The molecule has 0 saturated carbocycles. The van der Waals surface area contributed by atoms with Gasteiger partial charge in [-0.2, -0.15) is 0 Å². The maximum absolute atomic E-state index is 11.5. The van der Waals surface area contributed by atoms with Crippen LogP contribution in [0.1, 0.15) is 0 Å². The number of rotatable bonds is 0. The van der Waals surface area contributed by atoms with Crippen molar-refractivity contribution >= 4 is 40.9 Å². The number of benzene rings is 1. The molecule has 0 radical (unpaired) electrons. The van der Waals surface area contributed by atoms with Crippen molar-refractivity contribution in [3.8, 4) is 0 Å². The zero-order chi connectivity index (χ0) is 11.0. The van der Waals surface area contributed by atoms with Gasteiger partial charge in [0.25, 0.3) is 4.84 Å². The Morgan fingerprint density at radius 3 is 3.00 bits per heavy atom. The predicted molar refractivity (Wildman–Crippen MR) is 59.9 cm³/mol. The second kappa shape index (κ2) is 3.67. The Labute approximate surface area is 95.4 Å². The molecule has 1 N–H and O–H groups in total. The molecule has 0 unspecified atom stereocenters. The molecule has 1 aromatic heterocycles. The average Bonchev–Trinajstić information content (AvgIpc) is 2.52. The Morgan fingerprint density at radius 2 is 2.33 bits per heavy atom. The maximum atomic E-state index is 11.5. The van der Waals surface area contributed by atoms with E-state index in [9.17, 15) is 4.79 Å². The van der Waals surface area contributed by atoms with E-state index in [1.807, 2.05) is 0 Å². The van der Waals surface area contributed by atoms with Gasteiger partial charge in [0.2, 0.25) is 0 Å². The topological polar surface area (TPSA) is 47.2 Å². The summed E-state index contributed by atoms with van der Waals surface area (Å²) in [7, 11) is 1.53. The van der Waals surface area contributed by atoms with Gasteiger partial charge in [0.05, 0.1) is 5.52 Å². The highest BCUT2D eigenvalue weighted by Gasteiger charge is 2.12. The summed E-state index contributed by atoms with van der Waals surface area (Å²) >= 11 is 10.7. The van der Waals surface area contributed by atoms with Crippen molar-refractivity contribution in [1.29, 1.82) is 0 Å². The van der Waals surface area contributed by atoms with Crippen LogP contribution in [-0.4, -0.2) is 17.6 Å². The molecule has 1 amide bonds. The number of hydrogen-bond donors (Lipinski definition) is 1. The number of fused-ring (bicyclic) bond motifs is 1. The van der Waals surface area contributed by atoms with E-state index in [0.29, 0.717) is 16.1 Å². The minimum absolute atomic E-state index is 0.103. The number of aromatic nitrogens is 1. The first-order chi connectivity index (χ1) is 7.13. The van der Waals surface area contributed by atoms with Gasteiger partial charge >= 0.3 is 6.03 Å². The summed E-state index contributed by atoms with van der Waals surface area (Å²) in [6, 6.07) is 4.65. The van der Waals surface area contributed by atoms with Gasteiger partial charge in [-0.05, 0) is 24.4 Å². The third kappa shape index (κ3) is 1.64. The van der Waals surface area contributed by atoms with Crippen LogP contribution in [0.15, 0.2) is 22.6 Å². The number of nitrogens with zero attached hydrogens (tertiary/aromatic N) is 1. The summed E-state index contributed by atoms with van der Waals surface area (Å²) in [6.45, 7) is 0. The second-order valence-corrected chi connectivity index (χ2v) is 3.66. The summed E-state index contributed by atoms with van der Waals surface area (Å²) in [5.74, 6) is 0. The fraction of sp³-hybridized carbons (Fsp3) is 0.111. The number of carbonyl (C=O) groups excluding carboxylic acids is 1. The highest BCUT2D eigenvalue weighted by molar-refractivity contribution is 7.71. The monoisotopic (exact) mass is 242 g/mol. The van der Waals surface area contributed by atoms with Crippen molar-refractivity contribution in [2.24, 2.45) is 0 Å². The van der Waals surface area contributed by atoms with Crippen LogP contribution >= 0.6 is 23.8 Å². The van der Waals surface area contributed by atoms with E-state index in [1.54, 1.807) is 18.2 Å². The summed E-state index contributed by atoms with van der Waals surface area (Å²) in [5, 5.41) is 3.02. The molecule has 2 aromatic rings. The van der Waals surface area contributed by atoms with Crippen LogP contribution in [0, 0.1) is 4.84 Å². The van der Waals surface area contributed by atoms with E-state index in [1.165, 1.54) is 11.6 Å². The van der Waals surface area contributed by atoms with Crippen LogP contribution < -0.4 is 5.32 Å². The van der Waals surface area contributed by atoms with E-state index in [2.05, 4.69) is 5.32 Å². The number of oxazole rings is 1. The predicted octanol–water partition coefficient (Wildman–Crippen LogP) is 2.80. The van der Waals surface area contributed by atoms with Crippen molar-refractivity contribution in [3.63, 3.8) is 0 Å². The van der Waals surface area contributed by atoms with E-state index in [-0.39, 0.29) is 10.9 Å². The Hall–Kier alpha value is -1.33. The number of hydrogen-bond acceptors (Lipinski definition) is 3. The number of amides is 1. The first kappa shape index (κ1) is 10.2. The molecule has 0 aliphatic rings. The molecule has 0 atom stereocenters. The van der Waals surface area contributed by atoms with Gasteiger partial charge in [0.1, 0.15) is 0 Å². The quantitative estimate of drug-likeness (QED) is 0.723. The largest absolute Gasteiger partial charge is 0.429 e. The fourth-order valence-electron chi connectivity index (χ4n) is 1.30. The van der Waals surface area contributed by atoms with Gasteiger partial charge in [-0.3, -0.25) is 0 Å². The average molecular weight is 243 g/mol. The van der Waals surface area contributed by atoms with Gasteiger partial charge in [-0.15, -0.1) is 0 Å². The van der Waals surface area contributed by atoms with Crippen molar-refractivity contribution in [3.05, 3.63) is 28.1 Å². The fourth-order valence-corrected chi connectivity index (χ4v) is 1.73. The molecule has 78 valence electrons. The molecule has 1 heterocycles. The van der Waals surface area contributed by atoms with Crippen molar-refractivity contribution in [1.82, 2.24) is 9.88 Å². The normalized spacial score (nSPS) is 10.5. The van der Waals surface area contributed by atoms with Crippen molar-refractivity contribution in [2.75, 3.05) is 7.05 Å². The van der Waals surface area contributed by atoms with Gasteiger partial charge in [-0.1, -0.05) is 11.6 Å². The van der Waals surface area contributed by atoms with Crippen LogP contribution in [0.25, 0.3) is 11.1 Å². The molecule has 6 heteroatoms. The Balaban J connectivity index is 2.80. The van der Waals surface area contributed by atoms with Gasteiger partial charge in [-0.25, -0.2) is 9.36 Å².